The smallest absolute Gasteiger partial charge is 0.305 e. The molecule has 0 atom stereocenters. The molecule has 1 aliphatic rings. The molecule has 150 valence electrons. The van der Waals surface area contributed by atoms with Gasteiger partial charge in [0.05, 0.1) is 38.2 Å². The van der Waals surface area contributed by atoms with Crippen molar-refractivity contribution in [1.82, 2.24) is 9.62 Å². The maximum Gasteiger partial charge on any atom is 0.305 e. The lowest BCUT2D eigenvalue weighted by Crippen LogP contribution is -3.15. The van der Waals surface area contributed by atoms with Crippen molar-refractivity contribution in [3.8, 4) is 0 Å². The van der Waals surface area contributed by atoms with Gasteiger partial charge >= 0.3 is 5.97 Å². The van der Waals surface area contributed by atoms with E-state index in [1.54, 1.807) is 0 Å². The van der Waals surface area contributed by atoms with Crippen molar-refractivity contribution in [3.63, 3.8) is 0 Å². The summed E-state index contributed by atoms with van der Waals surface area (Å²) in [7, 11) is -2.33. The van der Waals surface area contributed by atoms with Gasteiger partial charge < -0.3 is 15.0 Å². The Balaban J connectivity index is 1.75. The maximum atomic E-state index is 13.0. The summed E-state index contributed by atoms with van der Waals surface area (Å²) in [6, 6.07) is 4.76. The van der Waals surface area contributed by atoms with E-state index in [9.17, 15) is 22.4 Å². The van der Waals surface area contributed by atoms with E-state index in [-0.39, 0.29) is 29.7 Å². The number of hydrogen-bond acceptors (Lipinski definition) is 5. The fourth-order valence-electron chi connectivity index (χ4n) is 2.83. The van der Waals surface area contributed by atoms with Gasteiger partial charge in [-0.1, -0.05) is 0 Å². The van der Waals surface area contributed by atoms with Crippen molar-refractivity contribution in [2.75, 3.05) is 46.4 Å². The number of rotatable bonds is 8. The summed E-state index contributed by atoms with van der Waals surface area (Å²) < 4.78 is 44.0. The molecule has 1 heterocycles. The van der Waals surface area contributed by atoms with Crippen LogP contribution in [0.25, 0.3) is 0 Å². The van der Waals surface area contributed by atoms with Gasteiger partial charge in [0.2, 0.25) is 10.0 Å². The Kier molecular flexibility index (Phi) is 7.69. The summed E-state index contributed by atoms with van der Waals surface area (Å²) in [5, 5.41) is 2.75. The van der Waals surface area contributed by atoms with Crippen LogP contribution in [0.3, 0.4) is 0 Å². The molecule has 1 aromatic rings. The molecule has 1 fully saturated rings. The fourth-order valence-corrected chi connectivity index (χ4v) is 4.27. The van der Waals surface area contributed by atoms with E-state index in [4.69, 9.17) is 0 Å². The van der Waals surface area contributed by atoms with Crippen LogP contribution in [0.15, 0.2) is 29.2 Å². The van der Waals surface area contributed by atoms with Crippen LogP contribution < -0.4 is 10.2 Å². The summed E-state index contributed by atoms with van der Waals surface area (Å²) in [6.45, 7) is 2.26. The number of carbonyl (C=O) groups is 2. The van der Waals surface area contributed by atoms with Crippen molar-refractivity contribution in [2.24, 2.45) is 0 Å². The zero-order chi connectivity index (χ0) is 19.9. The van der Waals surface area contributed by atoms with Crippen LogP contribution in [0.2, 0.25) is 0 Å². The van der Waals surface area contributed by atoms with Gasteiger partial charge in [-0.3, -0.25) is 9.59 Å². The number of esters is 1. The van der Waals surface area contributed by atoms with Crippen LogP contribution in [0.4, 0.5) is 4.39 Å². The number of benzene rings is 1. The summed E-state index contributed by atoms with van der Waals surface area (Å²) in [4.78, 5) is 24.0. The fraction of sp³-hybridized carbons (Fsp3) is 0.529. The van der Waals surface area contributed by atoms with E-state index in [0.29, 0.717) is 39.1 Å². The van der Waals surface area contributed by atoms with Crippen LogP contribution in [0, 0.1) is 5.82 Å². The largest absolute Gasteiger partial charge is 0.469 e. The number of quaternary nitrogens is 1. The van der Waals surface area contributed by atoms with Gasteiger partial charge in [-0.15, -0.1) is 0 Å². The van der Waals surface area contributed by atoms with Crippen LogP contribution in [-0.2, 0) is 24.3 Å². The minimum absolute atomic E-state index is 0.0655. The molecule has 0 spiro atoms. The van der Waals surface area contributed by atoms with Gasteiger partial charge in [0.1, 0.15) is 5.82 Å². The SMILES string of the molecule is COC(=O)CCCNC(=O)C[NH+]1CCN(S(=O)(=O)c2ccc(F)cc2)CC1. The first-order valence-electron chi connectivity index (χ1n) is 8.75. The highest BCUT2D eigenvalue weighted by atomic mass is 32.2. The maximum absolute atomic E-state index is 13.0. The number of halogens is 1. The molecule has 1 amide bonds. The van der Waals surface area contributed by atoms with Gasteiger partial charge in [-0.2, -0.15) is 4.31 Å². The molecule has 0 saturated carbocycles. The number of amides is 1. The Morgan fingerprint density at radius 2 is 1.85 bits per heavy atom. The van der Waals surface area contributed by atoms with Crippen molar-refractivity contribution >= 4 is 21.9 Å². The number of hydrogen-bond donors (Lipinski definition) is 2. The second kappa shape index (κ2) is 9.77. The van der Waals surface area contributed by atoms with Crippen molar-refractivity contribution in [2.45, 2.75) is 17.7 Å². The number of nitrogens with one attached hydrogen (secondary N) is 2. The first-order valence-corrected chi connectivity index (χ1v) is 10.2. The second-order valence-corrected chi connectivity index (χ2v) is 8.25. The molecule has 0 unspecified atom stereocenters. The summed E-state index contributed by atoms with van der Waals surface area (Å²) >= 11 is 0. The van der Waals surface area contributed by atoms with Crippen LogP contribution in [-0.4, -0.2) is 71.0 Å². The molecule has 10 heteroatoms. The van der Waals surface area contributed by atoms with E-state index in [1.165, 1.54) is 23.5 Å². The minimum atomic E-state index is -3.65. The number of carbonyl (C=O) groups excluding carboxylic acids is 2. The zero-order valence-electron chi connectivity index (χ0n) is 15.2. The summed E-state index contributed by atoms with van der Waals surface area (Å²) in [5.74, 6) is -0.932. The van der Waals surface area contributed by atoms with Gasteiger partial charge in [-0.25, -0.2) is 12.8 Å². The number of sulfonamides is 1. The van der Waals surface area contributed by atoms with E-state index in [0.717, 1.165) is 17.0 Å². The molecular formula is C17H25FN3O5S+. The monoisotopic (exact) mass is 402 g/mol. The van der Waals surface area contributed by atoms with Crippen LogP contribution in [0.5, 0.6) is 0 Å². The van der Waals surface area contributed by atoms with E-state index in [2.05, 4.69) is 10.1 Å². The average Bonchev–Trinajstić information content (AvgIpc) is 2.66. The number of methoxy groups -OCH3 is 1. The quantitative estimate of drug-likeness (QED) is 0.420. The molecular weight excluding hydrogens is 377 g/mol. The first-order chi connectivity index (χ1) is 12.8. The normalized spacial score (nSPS) is 16.1. The number of ether oxygens (including phenoxy) is 1. The highest BCUT2D eigenvalue weighted by Gasteiger charge is 2.31. The molecule has 27 heavy (non-hydrogen) atoms. The number of nitrogens with zero attached hydrogens (tertiary/aromatic N) is 1. The Bertz CT molecular complexity index is 746. The lowest BCUT2D eigenvalue weighted by molar-refractivity contribution is -0.895. The third-order valence-electron chi connectivity index (χ3n) is 4.40. The molecule has 1 aromatic carbocycles. The zero-order valence-corrected chi connectivity index (χ0v) is 16.1. The standard InChI is InChI=1S/C17H24FN3O5S/c1-26-17(23)3-2-8-19-16(22)13-20-9-11-21(12-10-20)27(24,25)15-6-4-14(18)5-7-15/h4-7H,2-3,8-13H2,1H3,(H,19,22)/p+1. The van der Waals surface area contributed by atoms with Crippen LogP contribution in [0.1, 0.15) is 12.8 Å². The molecule has 2 N–H and O–H groups in total. The summed E-state index contributed by atoms with van der Waals surface area (Å²) in [6.07, 6.45) is 0.765. The van der Waals surface area contributed by atoms with E-state index < -0.39 is 15.8 Å². The summed E-state index contributed by atoms with van der Waals surface area (Å²) in [5.41, 5.74) is 0. The van der Waals surface area contributed by atoms with E-state index in [1.807, 2.05) is 0 Å². The minimum Gasteiger partial charge on any atom is -0.469 e. The third-order valence-corrected chi connectivity index (χ3v) is 6.31. The molecule has 0 radical (unpaired) electrons. The average molecular weight is 402 g/mol. The molecule has 1 saturated heterocycles. The molecule has 0 aliphatic carbocycles. The Hall–Kier alpha value is -2.04. The van der Waals surface area contributed by atoms with Crippen molar-refractivity contribution in [1.29, 1.82) is 0 Å². The van der Waals surface area contributed by atoms with Gasteiger partial charge in [0, 0.05) is 13.0 Å². The second-order valence-electron chi connectivity index (χ2n) is 6.31. The molecule has 2 rings (SSSR count). The molecule has 0 bridgehead atoms. The molecule has 8 nitrogen and oxygen atoms in total. The highest BCUT2D eigenvalue weighted by molar-refractivity contribution is 7.89. The highest BCUT2D eigenvalue weighted by Crippen LogP contribution is 2.15. The van der Waals surface area contributed by atoms with Gasteiger partial charge in [-0.05, 0) is 30.7 Å². The predicted octanol–water partition coefficient (Wildman–Crippen LogP) is -1.22. The van der Waals surface area contributed by atoms with Crippen molar-refractivity contribution in [3.05, 3.63) is 30.1 Å². The molecule has 1 aliphatic heterocycles. The lowest BCUT2D eigenvalue weighted by atomic mass is 10.3. The number of piperazine rings is 1. The predicted molar refractivity (Wildman–Crippen MR) is 95.0 cm³/mol. The lowest BCUT2D eigenvalue weighted by Gasteiger charge is -2.31. The Morgan fingerprint density at radius 3 is 2.44 bits per heavy atom. The van der Waals surface area contributed by atoms with Gasteiger partial charge in [0.25, 0.3) is 5.91 Å². The topological polar surface area (TPSA) is 97.2 Å². The Labute approximate surface area is 158 Å². The van der Waals surface area contributed by atoms with E-state index >= 15 is 0 Å². The first kappa shape index (κ1) is 21.3. The van der Waals surface area contributed by atoms with Gasteiger partial charge in [0.15, 0.2) is 6.54 Å². The molecule has 0 aromatic heterocycles. The Morgan fingerprint density at radius 1 is 1.22 bits per heavy atom. The van der Waals surface area contributed by atoms with Crippen molar-refractivity contribution < 1.29 is 32.0 Å². The third kappa shape index (κ3) is 6.26. The van der Waals surface area contributed by atoms with Crippen LogP contribution >= 0.6 is 0 Å².